The predicted octanol–water partition coefficient (Wildman–Crippen LogP) is 5.42. The molecule has 0 saturated carbocycles. The minimum absolute atomic E-state index is 0.0392. The molecule has 0 aliphatic heterocycles. The number of nitrogens with one attached hydrogen (secondary N) is 1. The molecule has 0 radical (unpaired) electrons. The molecule has 4 nitrogen and oxygen atoms in total. The second kappa shape index (κ2) is 9.62. The van der Waals surface area contributed by atoms with Gasteiger partial charge < -0.3 is 10.1 Å². The molecule has 0 spiro atoms. The van der Waals surface area contributed by atoms with Crippen LogP contribution in [0.2, 0.25) is 0 Å². The van der Waals surface area contributed by atoms with E-state index in [-0.39, 0.29) is 17.8 Å². The lowest BCUT2D eigenvalue weighted by Crippen LogP contribution is -2.50. The van der Waals surface area contributed by atoms with Crippen molar-refractivity contribution < 1.29 is 14.3 Å². The number of hydrogen-bond donors (Lipinski definition) is 1. The molecule has 1 atom stereocenters. The zero-order valence-corrected chi connectivity index (χ0v) is 19.6. The van der Waals surface area contributed by atoms with E-state index in [2.05, 4.69) is 72.9 Å². The highest BCUT2D eigenvalue weighted by atomic mass is 16.5. The lowest BCUT2D eigenvalue weighted by Gasteiger charge is -2.39. The van der Waals surface area contributed by atoms with Gasteiger partial charge in [-0.1, -0.05) is 79.7 Å². The van der Waals surface area contributed by atoms with Crippen molar-refractivity contribution >= 4 is 11.9 Å². The predicted molar refractivity (Wildman–Crippen MR) is 131 cm³/mol. The zero-order valence-electron chi connectivity index (χ0n) is 19.6. The molecule has 33 heavy (non-hydrogen) atoms. The molecule has 0 fully saturated rings. The Morgan fingerprint density at radius 2 is 1.42 bits per heavy atom. The van der Waals surface area contributed by atoms with Crippen molar-refractivity contribution in [3.05, 3.63) is 95.1 Å². The maximum Gasteiger partial charge on any atom is 0.306 e. The normalized spacial score (nSPS) is 14.2. The highest BCUT2D eigenvalue weighted by Crippen LogP contribution is 2.51. The summed E-state index contributed by atoms with van der Waals surface area (Å²) in [6, 6.07) is 25.2. The summed E-state index contributed by atoms with van der Waals surface area (Å²) < 4.78 is 5.02. The van der Waals surface area contributed by atoms with E-state index in [0.717, 1.165) is 23.1 Å². The number of hydrogen-bond acceptors (Lipinski definition) is 3. The Balaban J connectivity index is 1.62. The molecule has 1 amide bonds. The summed E-state index contributed by atoms with van der Waals surface area (Å²) in [6.07, 6.45) is 1.87. The van der Waals surface area contributed by atoms with Gasteiger partial charge in [0, 0.05) is 13.3 Å². The summed E-state index contributed by atoms with van der Waals surface area (Å²) in [5.74, 6) is -0.0785. The van der Waals surface area contributed by atoms with Crippen molar-refractivity contribution in [3.8, 4) is 11.1 Å². The fourth-order valence-electron chi connectivity index (χ4n) is 5.16. The quantitative estimate of drug-likeness (QED) is 0.475. The van der Waals surface area contributed by atoms with Crippen molar-refractivity contribution in [2.45, 2.75) is 45.6 Å². The molecule has 0 saturated heterocycles. The third-order valence-electron chi connectivity index (χ3n) is 6.59. The average molecular weight is 442 g/mol. The summed E-state index contributed by atoms with van der Waals surface area (Å²) in [4.78, 5) is 24.1. The van der Waals surface area contributed by atoms with Gasteiger partial charge in [-0.2, -0.15) is 0 Å². The molecule has 1 unspecified atom stereocenters. The van der Waals surface area contributed by atoms with Gasteiger partial charge in [0.05, 0.1) is 12.1 Å². The van der Waals surface area contributed by atoms with Crippen molar-refractivity contribution in [1.82, 2.24) is 5.32 Å². The topological polar surface area (TPSA) is 55.4 Å². The first-order chi connectivity index (χ1) is 16.0. The third kappa shape index (κ3) is 4.43. The summed E-state index contributed by atoms with van der Waals surface area (Å²) in [5.41, 5.74) is 6.41. The number of aryl methyl sites for hydroxylation is 1. The molecule has 1 N–H and O–H groups in total. The van der Waals surface area contributed by atoms with Crippen LogP contribution in [0.5, 0.6) is 0 Å². The van der Waals surface area contributed by atoms with Crippen LogP contribution in [-0.2, 0) is 32.7 Å². The molecule has 1 aliphatic carbocycles. The Hall–Kier alpha value is -3.40. The van der Waals surface area contributed by atoms with Gasteiger partial charge >= 0.3 is 5.97 Å². The highest BCUT2D eigenvalue weighted by molar-refractivity contribution is 5.85. The molecule has 3 aromatic carbocycles. The number of rotatable bonds is 8. The summed E-state index contributed by atoms with van der Waals surface area (Å²) in [7, 11) is 0. The van der Waals surface area contributed by atoms with Crippen LogP contribution < -0.4 is 5.32 Å². The van der Waals surface area contributed by atoms with E-state index in [4.69, 9.17) is 4.74 Å². The molecule has 1 aliphatic rings. The van der Waals surface area contributed by atoms with Crippen molar-refractivity contribution in [2.24, 2.45) is 5.92 Å². The average Bonchev–Trinajstić information content (AvgIpc) is 3.09. The van der Waals surface area contributed by atoms with E-state index in [0.29, 0.717) is 19.4 Å². The summed E-state index contributed by atoms with van der Waals surface area (Å²) >= 11 is 0. The molecule has 0 aromatic heterocycles. The minimum Gasteiger partial charge on any atom is -0.466 e. The van der Waals surface area contributed by atoms with Crippen LogP contribution in [0.3, 0.4) is 0 Å². The lowest BCUT2D eigenvalue weighted by molar-refractivity contribution is -0.143. The first-order valence-corrected chi connectivity index (χ1v) is 11.7. The van der Waals surface area contributed by atoms with Crippen LogP contribution in [0.25, 0.3) is 11.1 Å². The molecular formula is C29H31NO3. The third-order valence-corrected chi connectivity index (χ3v) is 6.59. The van der Waals surface area contributed by atoms with Crippen LogP contribution in [0.1, 0.15) is 49.4 Å². The number of benzene rings is 3. The Bertz CT molecular complexity index is 1100. The largest absolute Gasteiger partial charge is 0.466 e. The molecule has 4 rings (SSSR count). The maximum absolute atomic E-state index is 12.5. The minimum atomic E-state index is -0.582. The van der Waals surface area contributed by atoms with Crippen LogP contribution >= 0.6 is 0 Å². The number of carbonyl (C=O) groups is 2. The Morgan fingerprint density at radius 1 is 0.879 bits per heavy atom. The van der Waals surface area contributed by atoms with Gasteiger partial charge in [0.1, 0.15) is 0 Å². The van der Waals surface area contributed by atoms with Crippen molar-refractivity contribution in [2.75, 3.05) is 6.61 Å². The fraction of sp³-hybridized carbons (Fsp3) is 0.310. The Labute approximate surface area is 196 Å². The van der Waals surface area contributed by atoms with Crippen molar-refractivity contribution in [3.63, 3.8) is 0 Å². The number of esters is 1. The van der Waals surface area contributed by atoms with E-state index in [1.54, 1.807) is 6.92 Å². The van der Waals surface area contributed by atoms with Crippen LogP contribution in [0.4, 0.5) is 0 Å². The van der Waals surface area contributed by atoms with Crippen LogP contribution in [0.15, 0.2) is 72.8 Å². The van der Waals surface area contributed by atoms with E-state index in [1.165, 1.54) is 16.7 Å². The maximum atomic E-state index is 12.5. The Kier molecular flexibility index (Phi) is 6.64. The second-order valence-corrected chi connectivity index (χ2v) is 8.81. The van der Waals surface area contributed by atoms with Gasteiger partial charge in [-0.05, 0) is 59.1 Å². The first kappa shape index (κ1) is 22.8. The second-order valence-electron chi connectivity index (χ2n) is 8.81. The van der Waals surface area contributed by atoms with Crippen LogP contribution in [0, 0.1) is 5.92 Å². The number of ether oxygens (including phenoxy) is 1. The van der Waals surface area contributed by atoms with Crippen molar-refractivity contribution in [1.29, 1.82) is 0 Å². The van der Waals surface area contributed by atoms with Crippen LogP contribution in [-0.4, -0.2) is 18.5 Å². The van der Waals surface area contributed by atoms with E-state index in [1.807, 2.05) is 19.1 Å². The van der Waals surface area contributed by atoms with E-state index in [9.17, 15) is 9.59 Å². The lowest BCUT2D eigenvalue weighted by atomic mass is 9.74. The fourth-order valence-corrected chi connectivity index (χ4v) is 5.16. The van der Waals surface area contributed by atoms with E-state index < -0.39 is 5.54 Å². The summed E-state index contributed by atoms with van der Waals surface area (Å²) in [5, 5.41) is 3.35. The number of amides is 1. The van der Waals surface area contributed by atoms with E-state index >= 15 is 0 Å². The van der Waals surface area contributed by atoms with Gasteiger partial charge in [-0.3, -0.25) is 9.59 Å². The SMILES string of the molecule is CCOC(=O)CCc1ccc(CC(C)C2(NC(C)=O)c3ccccc3-c3ccccc32)cc1. The Morgan fingerprint density at radius 3 is 1.97 bits per heavy atom. The van der Waals surface area contributed by atoms with Gasteiger partial charge in [-0.15, -0.1) is 0 Å². The molecule has 0 heterocycles. The monoisotopic (exact) mass is 441 g/mol. The molecule has 4 heteroatoms. The molecular weight excluding hydrogens is 410 g/mol. The molecule has 3 aromatic rings. The molecule has 0 bridgehead atoms. The highest BCUT2D eigenvalue weighted by Gasteiger charge is 2.47. The zero-order chi connectivity index (χ0) is 23.4. The number of carbonyl (C=O) groups excluding carboxylic acids is 2. The molecule has 170 valence electrons. The van der Waals surface area contributed by atoms with Gasteiger partial charge in [0.15, 0.2) is 0 Å². The van der Waals surface area contributed by atoms with Gasteiger partial charge in [0.25, 0.3) is 0 Å². The standard InChI is InChI=1S/C29H31NO3/c1-4-33-28(32)18-17-22-13-15-23(16-14-22)19-20(2)29(30-21(3)31)26-11-7-5-9-24(26)25-10-6-8-12-27(25)29/h5-16,20H,4,17-19H2,1-3H3,(H,30,31). The summed E-state index contributed by atoms with van der Waals surface area (Å²) in [6.45, 7) is 6.04. The van der Waals surface area contributed by atoms with Gasteiger partial charge in [-0.25, -0.2) is 0 Å². The smallest absolute Gasteiger partial charge is 0.306 e. The van der Waals surface area contributed by atoms with Gasteiger partial charge in [0.2, 0.25) is 5.91 Å². The number of fused-ring (bicyclic) bond motifs is 3. The first-order valence-electron chi connectivity index (χ1n) is 11.7.